The Balaban J connectivity index is 2.41. The molecule has 1 heterocycles. The summed E-state index contributed by atoms with van der Waals surface area (Å²) in [6, 6.07) is 0. The summed E-state index contributed by atoms with van der Waals surface area (Å²) in [5, 5.41) is 10.7. The summed E-state index contributed by atoms with van der Waals surface area (Å²) < 4.78 is 4.41. The second kappa shape index (κ2) is 13.0. The SMILES string of the molecule is CCCCCCCCCCc1n(CCC(=O)[O-])cc[n+]1CCCC. The molecule has 0 aliphatic carbocycles. The van der Waals surface area contributed by atoms with Gasteiger partial charge in [-0.05, 0) is 12.8 Å². The first-order valence-corrected chi connectivity index (χ1v) is 9.96. The number of aryl methyl sites for hydroxylation is 2. The summed E-state index contributed by atoms with van der Waals surface area (Å²) in [4.78, 5) is 10.7. The standard InChI is InChI=1S/C20H36N2O2/c1-3-5-7-8-9-10-11-12-13-19-21(15-6-4-2)17-18-22(19)16-14-20(23)24/h17-18H,3-16H2,1-2H3. The number of carboxylic acid groups (broad SMARTS) is 1. The number of carbonyl (C=O) groups excluding carboxylic acids is 1. The van der Waals surface area contributed by atoms with E-state index in [2.05, 4.69) is 29.2 Å². The molecule has 0 spiro atoms. The van der Waals surface area contributed by atoms with E-state index >= 15 is 0 Å². The van der Waals surface area contributed by atoms with Gasteiger partial charge in [0.05, 0.1) is 13.1 Å². The number of hydrogen-bond acceptors (Lipinski definition) is 2. The van der Waals surface area contributed by atoms with Gasteiger partial charge in [0.2, 0.25) is 0 Å². The molecule has 0 aliphatic heterocycles. The van der Waals surface area contributed by atoms with Crippen molar-refractivity contribution in [3.05, 3.63) is 18.2 Å². The molecular weight excluding hydrogens is 300 g/mol. The fraction of sp³-hybridized carbons (Fsp3) is 0.800. The maximum atomic E-state index is 10.7. The third-order valence-corrected chi connectivity index (χ3v) is 4.65. The van der Waals surface area contributed by atoms with Crippen LogP contribution in [0.4, 0.5) is 0 Å². The predicted molar refractivity (Wildman–Crippen MR) is 95.5 cm³/mol. The van der Waals surface area contributed by atoms with Crippen molar-refractivity contribution in [3.63, 3.8) is 0 Å². The Morgan fingerprint density at radius 1 is 1.00 bits per heavy atom. The molecule has 0 atom stereocenters. The number of carbonyl (C=O) groups is 1. The highest BCUT2D eigenvalue weighted by Gasteiger charge is 2.16. The number of carboxylic acids is 1. The molecule has 4 heteroatoms. The monoisotopic (exact) mass is 336 g/mol. The van der Waals surface area contributed by atoms with Crippen molar-refractivity contribution in [1.29, 1.82) is 0 Å². The fourth-order valence-corrected chi connectivity index (χ4v) is 3.15. The molecule has 4 nitrogen and oxygen atoms in total. The number of rotatable bonds is 15. The van der Waals surface area contributed by atoms with Crippen LogP contribution in [-0.4, -0.2) is 10.5 Å². The van der Waals surface area contributed by atoms with Gasteiger partial charge in [-0.15, -0.1) is 0 Å². The van der Waals surface area contributed by atoms with E-state index in [1.165, 1.54) is 70.0 Å². The predicted octanol–water partition coefficient (Wildman–Crippen LogP) is 3.40. The van der Waals surface area contributed by atoms with Gasteiger partial charge in [0, 0.05) is 18.8 Å². The number of aliphatic carboxylic acids is 1. The third kappa shape index (κ3) is 8.51. The van der Waals surface area contributed by atoms with E-state index in [-0.39, 0.29) is 6.42 Å². The zero-order chi connectivity index (χ0) is 17.6. The van der Waals surface area contributed by atoms with Gasteiger partial charge >= 0.3 is 0 Å². The Kier molecular flexibility index (Phi) is 11.2. The molecule has 1 aromatic heterocycles. The smallest absolute Gasteiger partial charge is 0.256 e. The van der Waals surface area contributed by atoms with Crippen molar-refractivity contribution in [2.45, 2.75) is 104 Å². The maximum Gasteiger partial charge on any atom is 0.256 e. The molecule has 0 saturated heterocycles. The number of hydrogen-bond donors (Lipinski definition) is 0. The molecule has 24 heavy (non-hydrogen) atoms. The highest BCUT2D eigenvalue weighted by molar-refractivity contribution is 5.64. The minimum absolute atomic E-state index is 0.0902. The Morgan fingerprint density at radius 3 is 2.25 bits per heavy atom. The lowest BCUT2D eigenvalue weighted by Crippen LogP contribution is -2.37. The van der Waals surface area contributed by atoms with Crippen LogP contribution in [-0.2, 0) is 24.3 Å². The molecule has 0 N–H and O–H groups in total. The summed E-state index contributed by atoms with van der Waals surface area (Å²) in [6.45, 7) is 6.00. The first-order valence-electron chi connectivity index (χ1n) is 9.96. The van der Waals surface area contributed by atoms with Crippen molar-refractivity contribution in [2.75, 3.05) is 0 Å². The maximum absolute atomic E-state index is 10.7. The zero-order valence-electron chi connectivity index (χ0n) is 15.8. The molecular formula is C20H36N2O2. The molecule has 0 aromatic carbocycles. The van der Waals surface area contributed by atoms with Crippen LogP contribution in [0.15, 0.2) is 12.4 Å². The lowest BCUT2D eigenvalue weighted by molar-refractivity contribution is -0.704. The Morgan fingerprint density at radius 2 is 1.62 bits per heavy atom. The van der Waals surface area contributed by atoms with Gasteiger partial charge in [-0.2, -0.15) is 0 Å². The van der Waals surface area contributed by atoms with Crippen molar-refractivity contribution < 1.29 is 14.5 Å². The number of aromatic nitrogens is 2. The van der Waals surface area contributed by atoms with E-state index in [1.54, 1.807) is 0 Å². The van der Waals surface area contributed by atoms with Gasteiger partial charge in [-0.25, -0.2) is 9.13 Å². The first-order chi connectivity index (χ1) is 11.7. The fourth-order valence-electron chi connectivity index (χ4n) is 3.15. The quantitative estimate of drug-likeness (QED) is 0.364. The van der Waals surface area contributed by atoms with Crippen molar-refractivity contribution >= 4 is 5.97 Å². The van der Waals surface area contributed by atoms with E-state index in [4.69, 9.17) is 0 Å². The van der Waals surface area contributed by atoms with Crippen LogP contribution < -0.4 is 9.67 Å². The minimum atomic E-state index is -0.971. The Hall–Kier alpha value is -1.32. The van der Waals surface area contributed by atoms with Crippen LogP contribution in [0, 0.1) is 0 Å². The lowest BCUT2D eigenvalue weighted by atomic mass is 10.1. The molecule has 0 saturated carbocycles. The Labute approximate surface area is 147 Å². The largest absolute Gasteiger partial charge is 0.550 e. The molecule has 0 bridgehead atoms. The zero-order valence-corrected chi connectivity index (χ0v) is 15.8. The minimum Gasteiger partial charge on any atom is -0.550 e. The highest BCUT2D eigenvalue weighted by atomic mass is 16.4. The van der Waals surface area contributed by atoms with Crippen LogP contribution in [0.25, 0.3) is 0 Å². The topological polar surface area (TPSA) is 48.9 Å². The Bertz CT molecular complexity index is 454. The van der Waals surface area contributed by atoms with Gasteiger partial charge in [0.15, 0.2) is 0 Å². The van der Waals surface area contributed by atoms with E-state index in [1.807, 2.05) is 6.20 Å². The van der Waals surface area contributed by atoms with E-state index < -0.39 is 5.97 Å². The van der Waals surface area contributed by atoms with Gasteiger partial charge < -0.3 is 9.90 Å². The van der Waals surface area contributed by atoms with Gasteiger partial charge in [0.25, 0.3) is 5.82 Å². The molecule has 138 valence electrons. The van der Waals surface area contributed by atoms with Gasteiger partial charge in [-0.1, -0.05) is 65.2 Å². The summed E-state index contributed by atoms with van der Waals surface area (Å²) in [7, 11) is 0. The second-order valence-corrected chi connectivity index (χ2v) is 6.80. The molecule has 0 unspecified atom stereocenters. The van der Waals surface area contributed by atoms with E-state index in [0.717, 1.165) is 13.0 Å². The number of imidazole rings is 1. The normalized spacial score (nSPS) is 11.1. The van der Waals surface area contributed by atoms with Crippen LogP contribution in [0.5, 0.6) is 0 Å². The summed E-state index contributed by atoms with van der Waals surface area (Å²) >= 11 is 0. The molecule has 0 fully saturated rings. The molecule has 0 radical (unpaired) electrons. The van der Waals surface area contributed by atoms with Crippen molar-refractivity contribution in [3.8, 4) is 0 Å². The number of unbranched alkanes of at least 4 members (excludes halogenated alkanes) is 8. The van der Waals surface area contributed by atoms with Crippen LogP contribution in [0.3, 0.4) is 0 Å². The molecule has 1 rings (SSSR count). The van der Waals surface area contributed by atoms with Crippen molar-refractivity contribution in [1.82, 2.24) is 4.57 Å². The van der Waals surface area contributed by atoms with Gasteiger partial charge in [-0.3, -0.25) is 0 Å². The second-order valence-electron chi connectivity index (χ2n) is 6.80. The van der Waals surface area contributed by atoms with Gasteiger partial charge in [0.1, 0.15) is 12.4 Å². The third-order valence-electron chi connectivity index (χ3n) is 4.65. The average molecular weight is 337 g/mol. The first kappa shape index (κ1) is 20.7. The van der Waals surface area contributed by atoms with Crippen LogP contribution in [0.1, 0.15) is 90.3 Å². The molecule has 0 aliphatic rings. The summed E-state index contributed by atoms with van der Waals surface area (Å²) in [5.74, 6) is 0.303. The summed E-state index contributed by atoms with van der Waals surface area (Å²) in [6.07, 6.45) is 18.1. The average Bonchev–Trinajstić information content (AvgIpc) is 2.95. The van der Waals surface area contributed by atoms with E-state index in [0.29, 0.717) is 6.54 Å². The van der Waals surface area contributed by atoms with Crippen molar-refractivity contribution in [2.24, 2.45) is 0 Å². The highest BCUT2D eigenvalue weighted by Crippen LogP contribution is 2.11. The van der Waals surface area contributed by atoms with E-state index in [9.17, 15) is 9.90 Å². The summed E-state index contributed by atoms with van der Waals surface area (Å²) in [5.41, 5.74) is 0. The molecule has 0 amide bonds. The lowest BCUT2D eigenvalue weighted by Gasteiger charge is -2.06. The van der Waals surface area contributed by atoms with Crippen LogP contribution >= 0.6 is 0 Å². The molecule has 1 aromatic rings. The number of nitrogens with zero attached hydrogens (tertiary/aromatic N) is 2. The van der Waals surface area contributed by atoms with Crippen LogP contribution in [0.2, 0.25) is 0 Å².